The summed E-state index contributed by atoms with van der Waals surface area (Å²) >= 11 is 5.75. The Morgan fingerprint density at radius 2 is 1.78 bits per heavy atom. The highest BCUT2D eigenvalue weighted by Crippen LogP contribution is 2.21. The van der Waals surface area contributed by atoms with Crippen molar-refractivity contribution in [1.29, 1.82) is 0 Å². The van der Waals surface area contributed by atoms with Crippen molar-refractivity contribution < 1.29 is 13.2 Å². The normalized spacial score (nSPS) is 11.4. The molecule has 0 aliphatic carbocycles. The van der Waals surface area contributed by atoms with Crippen molar-refractivity contribution in [2.75, 3.05) is 0 Å². The summed E-state index contributed by atoms with van der Waals surface area (Å²) in [4.78, 5) is 11.0. The average molecular weight is 284 g/mol. The van der Waals surface area contributed by atoms with E-state index < -0.39 is 10.0 Å². The number of aromatic nitrogens is 1. The molecule has 94 valence electrons. The zero-order valence-corrected chi connectivity index (χ0v) is 11.1. The lowest BCUT2D eigenvalue weighted by Crippen LogP contribution is -2.14. The van der Waals surface area contributed by atoms with Gasteiger partial charge in [-0.2, -0.15) is 0 Å². The number of nitrogens with zero attached hydrogens (tertiary/aromatic N) is 1. The molecule has 1 aromatic heterocycles. The van der Waals surface area contributed by atoms with Crippen LogP contribution in [0.1, 0.15) is 16.1 Å². The van der Waals surface area contributed by atoms with Crippen LogP contribution in [-0.4, -0.2) is 18.7 Å². The zero-order chi connectivity index (χ0) is 13.3. The predicted molar refractivity (Wildman–Crippen MR) is 68.6 cm³/mol. The fraction of sp³-hybridized carbons (Fsp3) is 0.0833. The summed E-state index contributed by atoms with van der Waals surface area (Å²) in [7, 11) is -3.78. The molecule has 0 aliphatic rings. The molecule has 0 fully saturated rings. The van der Waals surface area contributed by atoms with Crippen molar-refractivity contribution in [1.82, 2.24) is 3.97 Å². The van der Waals surface area contributed by atoms with E-state index in [4.69, 9.17) is 11.6 Å². The number of carbonyl (C=O) groups excluding carboxylic acids is 1. The van der Waals surface area contributed by atoms with Crippen molar-refractivity contribution in [2.24, 2.45) is 0 Å². The molecule has 0 amide bonds. The van der Waals surface area contributed by atoms with E-state index >= 15 is 0 Å². The van der Waals surface area contributed by atoms with E-state index in [2.05, 4.69) is 0 Å². The molecule has 0 atom stereocenters. The van der Waals surface area contributed by atoms with Gasteiger partial charge in [-0.05, 0) is 25.1 Å². The van der Waals surface area contributed by atoms with Gasteiger partial charge in [0.15, 0.2) is 6.29 Å². The van der Waals surface area contributed by atoms with E-state index in [9.17, 15) is 13.2 Å². The summed E-state index contributed by atoms with van der Waals surface area (Å²) in [6.07, 6.45) is 1.69. The second-order valence-electron chi connectivity index (χ2n) is 3.78. The lowest BCUT2D eigenvalue weighted by molar-refractivity contribution is 0.111. The van der Waals surface area contributed by atoms with Gasteiger partial charge in [-0.1, -0.05) is 29.3 Å². The summed E-state index contributed by atoms with van der Waals surface area (Å²) in [5, 5.41) is 0.112. The van der Waals surface area contributed by atoms with Crippen LogP contribution in [0, 0.1) is 6.92 Å². The molecule has 0 aliphatic heterocycles. The Kier molecular flexibility index (Phi) is 3.28. The molecule has 4 nitrogen and oxygen atoms in total. The molecule has 1 aromatic carbocycles. The van der Waals surface area contributed by atoms with Gasteiger partial charge >= 0.3 is 0 Å². The summed E-state index contributed by atoms with van der Waals surface area (Å²) < 4.78 is 25.4. The van der Waals surface area contributed by atoms with Crippen LogP contribution in [-0.2, 0) is 10.0 Å². The Balaban J connectivity index is 2.61. The van der Waals surface area contributed by atoms with E-state index in [1.807, 2.05) is 6.92 Å². The monoisotopic (exact) mass is 283 g/mol. The third-order valence-electron chi connectivity index (χ3n) is 2.53. The largest absolute Gasteiger partial charge is 0.296 e. The molecular formula is C12H10ClNO3S. The molecule has 0 bridgehead atoms. The molecule has 18 heavy (non-hydrogen) atoms. The number of hydrogen-bond acceptors (Lipinski definition) is 3. The number of halogens is 1. The number of rotatable bonds is 3. The fourth-order valence-electron chi connectivity index (χ4n) is 1.55. The van der Waals surface area contributed by atoms with Crippen molar-refractivity contribution in [3.8, 4) is 0 Å². The van der Waals surface area contributed by atoms with E-state index in [0.717, 1.165) is 9.54 Å². The Bertz CT molecular complexity index is 687. The van der Waals surface area contributed by atoms with E-state index in [0.29, 0.717) is 6.29 Å². The number of aryl methyl sites for hydroxylation is 1. The first kappa shape index (κ1) is 12.9. The Hall–Kier alpha value is -1.59. The fourth-order valence-corrected chi connectivity index (χ4v) is 3.12. The minimum absolute atomic E-state index is 0.0720. The molecule has 1 heterocycles. The first-order valence-corrected chi connectivity index (χ1v) is 6.93. The zero-order valence-electron chi connectivity index (χ0n) is 9.50. The molecule has 0 spiro atoms. The van der Waals surface area contributed by atoms with Gasteiger partial charge in [0.25, 0.3) is 10.0 Å². The molecule has 0 saturated carbocycles. The van der Waals surface area contributed by atoms with Gasteiger partial charge in [-0.25, -0.2) is 12.4 Å². The minimum atomic E-state index is -3.78. The van der Waals surface area contributed by atoms with Gasteiger partial charge in [0.1, 0.15) is 5.69 Å². The molecule has 0 radical (unpaired) electrons. The maximum Gasteiger partial charge on any atom is 0.268 e. The highest BCUT2D eigenvalue weighted by Gasteiger charge is 2.20. The summed E-state index contributed by atoms with van der Waals surface area (Å²) in [5.74, 6) is 0. The number of benzene rings is 1. The van der Waals surface area contributed by atoms with Crippen LogP contribution in [0.3, 0.4) is 0 Å². The molecule has 0 unspecified atom stereocenters. The van der Waals surface area contributed by atoms with Gasteiger partial charge in [0.05, 0.1) is 9.92 Å². The van der Waals surface area contributed by atoms with Crippen LogP contribution < -0.4 is 0 Å². The van der Waals surface area contributed by atoms with Crippen LogP contribution in [0.2, 0.25) is 5.02 Å². The molecule has 0 N–H and O–H groups in total. The lowest BCUT2D eigenvalue weighted by Gasteiger charge is -2.07. The van der Waals surface area contributed by atoms with Crippen LogP contribution >= 0.6 is 11.6 Å². The molecule has 2 rings (SSSR count). The molecule has 2 aromatic rings. The van der Waals surface area contributed by atoms with Crippen LogP contribution in [0.15, 0.2) is 41.4 Å². The minimum Gasteiger partial charge on any atom is -0.296 e. The van der Waals surface area contributed by atoms with E-state index in [1.165, 1.54) is 24.4 Å². The van der Waals surface area contributed by atoms with Crippen molar-refractivity contribution in [3.05, 3.63) is 52.8 Å². The second-order valence-corrected chi connectivity index (χ2v) is 6.00. The van der Waals surface area contributed by atoms with E-state index in [-0.39, 0.29) is 15.6 Å². The van der Waals surface area contributed by atoms with Crippen molar-refractivity contribution in [2.45, 2.75) is 11.8 Å². The number of aldehydes is 1. The smallest absolute Gasteiger partial charge is 0.268 e. The van der Waals surface area contributed by atoms with Crippen LogP contribution in [0.25, 0.3) is 0 Å². The highest BCUT2D eigenvalue weighted by molar-refractivity contribution is 7.90. The van der Waals surface area contributed by atoms with Gasteiger partial charge in [0, 0.05) is 6.20 Å². The SMILES string of the molecule is Cc1ccc(S(=O)(=O)n2ccc(Cl)c2C=O)cc1. The molecular weight excluding hydrogens is 274 g/mol. The van der Waals surface area contributed by atoms with Crippen LogP contribution in [0.4, 0.5) is 0 Å². The summed E-state index contributed by atoms with van der Waals surface area (Å²) in [5.41, 5.74) is 0.882. The number of carbonyl (C=O) groups is 1. The van der Waals surface area contributed by atoms with E-state index in [1.54, 1.807) is 12.1 Å². The first-order chi connectivity index (χ1) is 8.46. The first-order valence-electron chi connectivity index (χ1n) is 5.11. The Labute approximate surface area is 110 Å². The number of hydrogen-bond donors (Lipinski definition) is 0. The Morgan fingerprint density at radius 3 is 2.33 bits per heavy atom. The van der Waals surface area contributed by atoms with Gasteiger partial charge in [0.2, 0.25) is 0 Å². The lowest BCUT2D eigenvalue weighted by atomic mass is 10.2. The maximum absolute atomic E-state index is 12.3. The molecule has 6 heteroatoms. The van der Waals surface area contributed by atoms with Crippen molar-refractivity contribution >= 4 is 27.9 Å². The second kappa shape index (κ2) is 4.59. The quantitative estimate of drug-likeness (QED) is 0.813. The van der Waals surface area contributed by atoms with Gasteiger partial charge in [-0.3, -0.25) is 4.79 Å². The Morgan fingerprint density at radius 1 is 1.17 bits per heavy atom. The standard InChI is InChI=1S/C12H10ClNO3S/c1-9-2-4-10(5-3-9)18(16,17)14-7-6-11(13)12(14)8-15/h2-8H,1H3. The van der Waals surface area contributed by atoms with Gasteiger partial charge in [-0.15, -0.1) is 0 Å². The third kappa shape index (κ3) is 2.07. The summed E-state index contributed by atoms with van der Waals surface area (Å²) in [6, 6.07) is 7.74. The van der Waals surface area contributed by atoms with Crippen LogP contribution in [0.5, 0.6) is 0 Å². The predicted octanol–water partition coefficient (Wildman–Crippen LogP) is 2.50. The summed E-state index contributed by atoms with van der Waals surface area (Å²) in [6.45, 7) is 1.86. The third-order valence-corrected chi connectivity index (χ3v) is 4.55. The van der Waals surface area contributed by atoms with Crippen molar-refractivity contribution in [3.63, 3.8) is 0 Å². The highest BCUT2D eigenvalue weighted by atomic mass is 35.5. The average Bonchev–Trinajstić information content (AvgIpc) is 2.71. The molecule has 0 saturated heterocycles. The topological polar surface area (TPSA) is 56.1 Å². The maximum atomic E-state index is 12.3. The van der Waals surface area contributed by atoms with Gasteiger partial charge < -0.3 is 0 Å².